The summed E-state index contributed by atoms with van der Waals surface area (Å²) in [5.41, 5.74) is 2.71. The van der Waals surface area contributed by atoms with Crippen LogP contribution in [0, 0.1) is 11.8 Å². The molecule has 3 heteroatoms. The second-order valence-corrected chi connectivity index (χ2v) is 6.12. The van der Waals surface area contributed by atoms with Gasteiger partial charge in [-0.3, -0.25) is 10.0 Å². The summed E-state index contributed by atoms with van der Waals surface area (Å²) < 4.78 is 0. The van der Waals surface area contributed by atoms with Gasteiger partial charge in [-0.05, 0) is 56.8 Å². The van der Waals surface area contributed by atoms with Crippen molar-refractivity contribution in [2.75, 3.05) is 6.54 Å². The van der Waals surface area contributed by atoms with Crippen LogP contribution in [0.25, 0.3) is 0 Å². The molecule has 0 N–H and O–H groups in total. The molecule has 0 aromatic carbocycles. The highest BCUT2D eigenvalue weighted by molar-refractivity contribution is 6.43. The molecule has 3 nitrogen and oxygen atoms in total. The van der Waals surface area contributed by atoms with E-state index in [-0.39, 0.29) is 0 Å². The Morgan fingerprint density at radius 2 is 1.71 bits per heavy atom. The van der Waals surface area contributed by atoms with E-state index in [0.29, 0.717) is 6.17 Å². The fourth-order valence-electron chi connectivity index (χ4n) is 4.09. The van der Waals surface area contributed by atoms with Crippen LogP contribution in [0.15, 0.2) is 10.1 Å². The summed E-state index contributed by atoms with van der Waals surface area (Å²) in [6, 6.07) is 0. The van der Waals surface area contributed by atoms with Crippen molar-refractivity contribution in [1.29, 1.82) is 0 Å². The van der Waals surface area contributed by atoms with E-state index in [0.717, 1.165) is 18.4 Å². The number of piperidine rings is 1. The zero-order chi connectivity index (χ0) is 11.2. The van der Waals surface area contributed by atoms with Gasteiger partial charge in [0, 0.05) is 6.54 Å². The molecule has 3 atom stereocenters. The standard InChI is InChI=1S/C14H21N3/c1-2-7-17-14(6-1)15-12-8-10-4-3-5-11(10)9-13(12)16-17/h10-11,14H,1-9H2. The van der Waals surface area contributed by atoms with E-state index in [1.807, 2.05) is 0 Å². The molecule has 4 aliphatic rings. The van der Waals surface area contributed by atoms with Crippen molar-refractivity contribution in [2.24, 2.45) is 21.9 Å². The summed E-state index contributed by atoms with van der Waals surface area (Å²) in [5.74, 6) is 1.86. The SMILES string of the molecule is C1CC2CC3=NC4CCCCN4N=C3CC2C1. The molecule has 0 amide bonds. The summed E-state index contributed by atoms with van der Waals surface area (Å²) in [4.78, 5) is 5.00. The molecule has 3 unspecified atom stereocenters. The molecule has 2 aliphatic carbocycles. The van der Waals surface area contributed by atoms with E-state index >= 15 is 0 Å². The van der Waals surface area contributed by atoms with Gasteiger partial charge in [-0.15, -0.1) is 0 Å². The van der Waals surface area contributed by atoms with Crippen LogP contribution in [0.5, 0.6) is 0 Å². The second kappa shape index (κ2) is 3.82. The predicted molar refractivity (Wildman–Crippen MR) is 69.3 cm³/mol. The van der Waals surface area contributed by atoms with Gasteiger partial charge in [0.2, 0.25) is 0 Å². The molecule has 2 saturated carbocycles. The maximum atomic E-state index is 5.00. The van der Waals surface area contributed by atoms with Crippen molar-refractivity contribution in [1.82, 2.24) is 5.01 Å². The van der Waals surface area contributed by atoms with Crippen LogP contribution in [0.3, 0.4) is 0 Å². The van der Waals surface area contributed by atoms with Crippen molar-refractivity contribution >= 4 is 11.4 Å². The van der Waals surface area contributed by atoms with E-state index in [1.54, 1.807) is 0 Å². The predicted octanol–water partition coefficient (Wildman–Crippen LogP) is 2.82. The molecule has 0 bridgehead atoms. The molecule has 3 fully saturated rings. The molecule has 0 aromatic rings. The fourth-order valence-corrected chi connectivity index (χ4v) is 4.09. The van der Waals surface area contributed by atoms with Crippen molar-refractivity contribution in [3.63, 3.8) is 0 Å². The topological polar surface area (TPSA) is 28.0 Å². The zero-order valence-corrected chi connectivity index (χ0v) is 10.4. The third-order valence-corrected chi connectivity index (χ3v) is 5.06. The molecule has 2 aliphatic heterocycles. The van der Waals surface area contributed by atoms with Gasteiger partial charge in [0.05, 0.1) is 11.4 Å². The van der Waals surface area contributed by atoms with Crippen LogP contribution in [0.1, 0.15) is 51.4 Å². The number of hydrazone groups is 1. The Balaban J connectivity index is 1.62. The molecular weight excluding hydrogens is 210 g/mol. The third kappa shape index (κ3) is 1.62. The van der Waals surface area contributed by atoms with Gasteiger partial charge < -0.3 is 0 Å². The average Bonchev–Trinajstić information content (AvgIpc) is 2.80. The molecule has 17 heavy (non-hydrogen) atoms. The van der Waals surface area contributed by atoms with E-state index in [4.69, 9.17) is 10.1 Å². The highest BCUT2D eigenvalue weighted by Gasteiger charge is 2.38. The first-order valence-electron chi connectivity index (χ1n) is 7.31. The van der Waals surface area contributed by atoms with Crippen LogP contribution in [0.2, 0.25) is 0 Å². The quantitative estimate of drug-likeness (QED) is 0.630. The molecule has 1 saturated heterocycles. The molecular formula is C14H21N3. The first-order chi connectivity index (χ1) is 8.40. The number of hydrogen-bond acceptors (Lipinski definition) is 3. The third-order valence-electron chi connectivity index (χ3n) is 5.06. The minimum absolute atomic E-state index is 0.389. The van der Waals surface area contributed by atoms with Crippen LogP contribution < -0.4 is 0 Å². The minimum Gasteiger partial charge on any atom is -0.272 e. The largest absolute Gasteiger partial charge is 0.272 e. The van der Waals surface area contributed by atoms with Crippen molar-refractivity contribution in [2.45, 2.75) is 57.5 Å². The summed E-state index contributed by atoms with van der Waals surface area (Å²) >= 11 is 0. The first-order valence-corrected chi connectivity index (χ1v) is 7.31. The number of aliphatic imine (C=N–C) groups is 1. The number of hydrogen-bond donors (Lipinski definition) is 0. The number of rotatable bonds is 0. The number of nitrogens with zero attached hydrogens (tertiary/aromatic N) is 3. The van der Waals surface area contributed by atoms with Crippen LogP contribution in [-0.4, -0.2) is 29.1 Å². The molecule has 0 radical (unpaired) electrons. The van der Waals surface area contributed by atoms with Crippen molar-refractivity contribution < 1.29 is 0 Å². The Hall–Kier alpha value is -0.860. The van der Waals surface area contributed by atoms with E-state index < -0.39 is 0 Å². The Labute approximate surface area is 103 Å². The Morgan fingerprint density at radius 1 is 0.882 bits per heavy atom. The first kappa shape index (κ1) is 10.1. The lowest BCUT2D eigenvalue weighted by Gasteiger charge is -2.38. The molecule has 4 rings (SSSR count). The summed E-state index contributed by atoms with van der Waals surface area (Å²) in [5, 5.41) is 7.17. The molecule has 0 aromatic heterocycles. The Bertz CT molecular complexity index is 349. The van der Waals surface area contributed by atoms with Crippen LogP contribution in [-0.2, 0) is 0 Å². The lowest BCUT2D eigenvalue weighted by Crippen LogP contribution is -2.43. The second-order valence-electron chi connectivity index (χ2n) is 6.12. The van der Waals surface area contributed by atoms with Gasteiger partial charge in [-0.2, -0.15) is 5.10 Å². The smallest absolute Gasteiger partial charge is 0.137 e. The minimum atomic E-state index is 0.389. The van der Waals surface area contributed by atoms with Gasteiger partial charge >= 0.3 is 0 Å². The normalized spacial score (nSPS) is 40.0. The Morgan fingerprint density at radius 3 is 2.59 bits per heavy atom. The van der Waals surface area contributed by atoms with E-state index in [1.165, 1.54) is 62.8 Å². The van der Waals surface area contributed by atoms with Gasteiger partial charge in [-0.1, -0.05) is 6.42 Å². The summed E-state index contributed by atoms with van der Waals surface area (Å²) in [6.07, 6.45) is 11.0. The highest BCUT2D eigenvalue weighted by atomic mass is 15.5. The maximum Gasteiger partial charge on any atom is 0.137 e. The van der Waals surface area contributed by atoms with Gasteiger partial charge in [-0.25, -0.2) is 0 Å². The zero-order valence-electron chi connectivity index (χ0n) is 10.4. The van der Waals surface area contributed by atoms with Crippen LogP contribution in [0.4, 0.5) is 0 Å². The van der Waals surface area contributed by atoms with E-state index in [9.17, 15) is 0 Å². The lowest BCUT2D eigenvalue weighted by atomic mass is 9.79. The monoisotopic (exact) mass is 231 g/mol. The lowest BCUT2D eigenvalue weighted by molar-refractivity contribution is 0.155. The fraction of sp³-hybridized carbons (Fsp3) is 0.857. The average molecular weight is 231 g/mol. The van der Waals surface area contributed by atoms with Crippen molar-refractivity contribution in [3.8, 4) is 0 Å². The molecule has 2 heterocycles. The highest BCUT2D eigenvalue weighted by Crippen LogP contribution is 2.41. The summed E-state index contributed by atoms with van der Waals surface area (Å²) in [7, 11) is 0. The number of fused-ring (bicyclic) bond motifs is 3. The Kier molecular flexibility index (Phi) is 2.27. The van der Waals surface area contributed by atoms with E-state index in [2.05, 4.69) is 5.01 Å². The van der Waals surface area contributed by atoms with Crippen LogP contribution >= 0.6 is 0 Å². The van der Waals surface area contributed by atoms with Gasteiger partial charge in [0.15, 0.2) is 0 Å². The van der Waals surface area contributed by atoms with Crippen molar-refractivity contribution in [3.05, 3.63) is 0 Å². The maximum absolute atomic E-state index is 5.00. The summed E-state index contributed by atoms with van der Waals surface area (Å²) in [6.45, 7) is 1.12. The molecule has 92 valence electrons. The molecule has 0 spiro atoms. The van der Waals surface area contributed by atoms with Gasteiger partial charge in [0.25, 0.3) is 0 Å². The van der Waals surface area contributed by atoms with Gasteiger partial charge in [0.1, 0.15) is 6.17 Å².